The molecule has 1 rings (SSSR count). The van der Waals surface area contributed by atoms with E-state index in [4.69, 9.17) is 18.6 Å². The van der Waals surface area contributed by atoms with Gasteiger partial charge in [0.05, 0.1) is 12.4 Å². The molecular weight excluding hydrogens is 304 g/mol. The minimum atomic E-state index is -1.76. The second-order valence-electron chi connectivity index (χ2n) is 6.21. The lowest BCUT2D eigenvalue weighted by Gasteiger charge is -2.39. The highest BCUT2D eigenvalue weighted by Crippen LogP contribution is 2.35. The van der Waals surface area contributed by atoms with Crippen molar-refractivity contribution in [3.8, 4) is 0 Å². The fraction of sp³-hybridized carbons (Fsp3) is 0.733. The molecule has 7 heteroatoms. The molecular formula is C15H26O6Si. The van der Waals surface area contributed by atoms with Gasteiger partial charge in [-0.05, 0) is 32.6 Å². The molecule has 6 nitrogen and oxygen atoms in total. The van der Waals surface area contributed by atoms with Crippen LogP contribution in [-0.2, 0) is 28.2 Å². The molecule has 0 fully saturated rings. The Balaban J connectivity index is 3.12. The SMILES string of the molecule is CCOC(=O)C1(OC(C)=O)CCC(O[Si](C)(C)C)=CC1OC. The monoisotopic (exact) mass is 330 g/mol. The highest BCUT2D eigenvalue weighted by atomic mass is 28.4. The number of carbonyl (C=O) groups excluding carboxylic acids is 2. The van der Waals surface area contributed by atoms with Crippen molar-refractivity contribution in [1.82, 2.24) is 0 Å². The summed E-state index contributed by atoms with van der Waals surface area (Å²) in [6.07, 6.45) is 1.77. The molecule has 0 radical (unpaired) electrons. The molecule has 0 N–H and O–H groups in total. The lowest BCUT2D eigenvalue weighted by atomic mass is 9.85. The number of esters is 2. The van der Waals surface area contributed by atoms with E-state index in [0.29, 0.717) is 6.42 Å². The van der Waals surface area contributed by atoms with Gasteiger partial charge in [0.2, 0.25) is 13.9 Å². The number of allylic oxidation sites excluding steroid dienone is 1. The topological polar surface area (TPSA) is 71.1 Å². The Bertz CT molecular complexity index is 453. The third-order valence-corrected chi connectivity index (χ3v) is 4.05. The zero-order valence-corrected chi connectivity index (χ0v) is 15.2. The van der Waals surface area contributed by atoms with Gasteiger partial charge in [-0.3, -0.25) is 4.79 Å². The normalized spacial score (nSPS) is 25.2. The lowest BCUT2D eigenvalue weighted by Crippen LogP contribution is -2.55. The van der Waals surface area contributed by atoms with Crippen molar-refractivity contribution in [2.75, 3.05) is 13.7 Å². The summed E-state index contributed by atoms with van der Waals surface area (Å²) in [5.74, 6) is -0.350. The minimum absolute atomic E-state index is 0.209. The smallest absolute Gasteiger partial charge is 0.353 e. The van der Waals surface area contributed by atoms with E-state index in [0.717, 1.165) is 5.76 Å². The van der Waals surface area contributed by atoms with Crippen LogP contribution < -0.4 is 0 Å². The number of hydrogen-bond acceptors (Lipinski definition) is 6. The van der Waals surface area contributed by atoms with Crippen molar-refractivity contribution in [2.24, 2.45) is 0 Å². The Morgan fingerprint density at radius 1 is 1.36 bits per heavy atom. The van der Waals surface area contributed by atoms with E-state index >= 15 is 0 Å². The van der Waals surface area contributed by atoms with Crippen LogP contribution >= 0.6 is 0 Å². The van der Waals surface area contributed by atoms with Crippen LogP contribution in [0.15, 0.2) is 11.8 Å². The van der Waals surface area contributed by atoms with Gasteiger partial charge in [-0.25, -0.2) is 4.79 Å². The Labute approximate surface area is 132 Å². The van der Waals surface area contributed by atoms with Crippen molar-refractivity contribution in [1.29, 1.82) is 0 Å². The quantitative estimate of drug-likeness (QED) is 0.550. The Kier molecular flexibility index (Phi) is 6.19. The van der Waals surface area contributed by atoms with Crippen LogP contribution in [0.5, 0.6) is 0 Å². The van der Waals surface area contributed by atoms with Crippen molar-refractivity contribution in [3.63, 3.8) is 0 Å². The summed E-state index contributed by atoms with van der Waals surface area (Å²) >= 11 is 0. The summed E-state index contributed by atoms with van der Waals surface area (Å²) in [6.45, 7) is 9.42. The van der Waals surface area contributed by atoms with Crippen LogP contribution in [0.4, 0.5) is 0 Å². The Hall–Kier alpha value is -1.34. The van der Waals surface area contributed by atoms with Crippen LogP contribution in [0.25, 0.3) is 0 Å². The highest BCUT2D eigenvalue weighted by Gasteiger charge is 2.52. The fourth-order valence-corrected chi connectivity index (χ4v) is 3.41. The summed E-state index contributed by atoms with van der Waals surface area (Å²) in [6, 6.07) is 0. The van der Waals surface area contributed by atoms with Gasteiger partial charge in [-0.1, -0.05) is 0 Å². The zero-order valence-electron chi connectivity index (χ0n) is 14.2. The van der Waals surface area contributed by atoms with Crippen LogP contribution in [0.3, 0.4) is 0 Å². The zero-order chi connectivity index (χ0) is 17.0. The van der Waals surface area contributed by atoms with Gasteiger partial charge in [0, 0.05) is 26.9 Å². The third-order valence-electron chi connectivity index (χ3n) is 3.18. The Morgan fingerprint density at radius 2 is 2.00 bits per heavy atom. The van der Waals surface area contributed by atoms with Gasteiger partial charge in [-0.2, -0.15) is 0 Å². The predicted molar refractivity (Wildman–Crippen MR) is 83.7 cm³/mol. The van der Waals surface area contributed by atoms with Gasteiger partial charge < -0.3 is 18.6 Å². The third kappa shape index (κ3) is 4.57. The molecule has 126 valence electrons. The average Bonchev–Trinajstić information content (AvgIpc) is 2.38. The molecule has 0 saturated carbocycles. The maximum Gasteiger partial charge on any atom is 0.353 e. The van der Waals surface area contributed by atoms with E-state index in [1.54, 1.807) is 13.0 Å². The first-order valence-electron chi connectivity index (χ1n) is 7.44. The van der Waals surface area contributed by atoms with Gasteiger partial charge >= 0.3 is 11.9 Å². The van der Waals surface area contributed by atoms with Gasteiger partial charge in [-0.15, -0.1) is 0 Å². The molecule has 0 saturated heterocycles. The summed E-state index contributed by atoms with van der Waals surface area (Å²) in [5, 5.41) is 0. The van der Waals surface area contributed by atoms with Crippen LogP contribution in [0, 0.1) is 0 Å². The molecule has 0 aliphatic heterocycles. The molecule has 2 unspecified atom stereocenters. The number of rotatable bonds is 6. The summed E-state index contributed by atoms with van der Waals surface area (Å²) < 4.78 is 21.8. The van der Waals surface area contributed by atoms with E-state index in [-0.39, 0.29) is 13.0 Å². The summed E-state index contributed by atoms with van der Waals surface area (Å²) in [7, 11) is -0.287. The summed E-state index contributed by atoms with van der Waals surface area (Å²) in [4.78, 5) is 23.8. The first kappa shape index (κ1) is 18.7. The molecule has 2 atom stereocenters. The molecule has 1 aliphatic carbocycles. The first-order valence-corrected chi connectivity index (χ1v) is 10.8. The van der Waals surface area contributed by atoms with Crippen molar-refractivity contribution in [3.05, 3.63) is 11.8 Å². The van der Waals surface area contributed by atoms with Crippen LogP contribution in [-0.4, -0.2) is 45.7 Å². The molecule has 0 amide bonds. The van der Waals surface area contributed by atoms with Crippen molar-refractivity contribution in [2.45, 2.75) is 58.0 Å². The van der Waals surface area contributed by atoms with E-state index in [2.05, 4.69) is 19.6 Å². The average molecular weight is 330 g/mol. The number of carbonyl (C=O) groups is 2. The van der Waals surface area contributed by atoms with Crippen LogP contribution in [0.1, 0.15) is 26.7 Å². The molecule has 1 aliphatic rings. The van der Waals surface area contributed by atoms with E-state index < -0.39 is 32.0 Å². The van der Waals surface area contributed by atoms with Crippen molar-refractivity contribution >= 4 is 20.3 Å². The standard InChI is InChI=1S/C15H26O6Si/c1-7-19-14(17)15(20-11(2)16)9-8-12(10-13(15)18-3)21-22(4,5)6/h10,13H,7-9H2,1-6H3. The Morgan fingerprint density at radius 3 is 2.45 bits per heavy atom. The largest absolute Gasteiger partial charge is 0.547 e. The van der Waals surface area contributed by atoms with E-state index in [1.165, 1.54) is 14.0 Å². The van der Waals surface area contributed by atoms with Gasteiger partial charge in [0.1, 0.15) is 6.10 Å². The molecule has 22 heavy (non-hydrogen) atoms. The van der Waals surface area contributed by atoms with E-state index in [1.807, 2.05) is 0 Å². The second kappa shape index (κ2) is 7.28. The molecule has 0 aromatic carbocycles. The maximum absolute atomic E-state index is 12.4. The minimum Gasteiger partial charge on any atom is -0.547 e. The van der Waals surface area contributed by atoms with E-state index in [9.17, 15) is 9.59 Å². The second-order valence-corrected chi connectivity index (χ2v) is 10.6. The van der Waals surface area contributed by atoms with Gasteiger partial charge in [0.15, 0.2) is 0 Å². The number of hydrogen-bond donors (Lipinski definition) is 0. The molecule has 0 heterocycles. The molecule has 0 spiro atoms. The fourth-order valence-electron chi connectivity index (χ4n) is 2.45. The van der Waals surface area contributed by atoms with Crippen molar-refractivity contribution < 1.29 is 28.2 Å². The lowest BCUT2D eigenvalue weighted by molar-refractivity contribution is -0.196. The van der Waals surface area contributed by atoms with Crippen LogP contribution in [0.2, 0.25) is 19.6 Å². The maximum atomic E-state index is 12.4. The first-order chi connectivity index (χ1) is 10.1. The number of methoxy groups -OCH3 is 1. The predicted octanol–water partition coefficient (Wildman–Crippen LogP) is 2.40. The number of ether oxygens (including phenoxy) is 3. The summed E-state index contributed by atoms with van der Waals surface area (Å²) in [5.41, 5.74) is -1.44. The molecule has 0 bridgehead atoms. The molecule has 0 aromatic heterocycles. The highest BCUT2D eigenvalue weighted by molar-refractivity contribution is 6.70. The molecule has 0 aromatic rings. The van der Waals surface area contributed by atoms with Gasteiger partial charge in [0.25, 0.3) is 0 Å².